The van der Waals surface area contributed by atoms with Crippen molar-refractivity contribution in [3.8, 4) is 11.5 Å². The zero-order valence-corrected chi connectivity index (χ0v) is 12.1. The number of hydrazone groups is 1. The van der Waals surface area contributed by atoms with Gasteiger partial charge in [0.25, 0.3) is 5.91 Å². The number of carbonyl (C=O) groups is 1. The Kier molecular flexibility index (Phi) is 4.73. The Bertz CT molecular complexity index is 712. The number of nitrogens with one attached hydrogen (secondary N) is 1. The molecule has 0 aliphatic heterocycles. The van der Waals surface area contributed by atoms with E-state index in [9.17, 15) is 14.3 Å². The smallest absolute Gasteiger partial charge is 0.271 e. The van der Waals surface area contributed by atoms with Crippen LogP contribution in [0.2, 0.25) is 0 Å². The number of phenolic OH excluding ortho intramolecular Hbond substituents is 1. The van der Waals surface area contributed by atoms with Gasteiger partial charge in [0.1, 0.15) is 17.3 Å². The predicted octanol–water partition coefficient (Wildman–Crippen LogP) is 2.69. The van der Waals surface area contributed by atoms with Crippen LogP contribution in [-0.4, -0.2) is 23.8 Å². The van der Waals surface area contributed by atoms with E-state index in [2.05, 4.69) is 10.5 Å². The highest BCUT2D eigenvalue weighted by Crippen LogP contribution is 2.23. The van der Waals surface area contributed by atoms with Crippen LogP contribution in [0.1, 0.15) is 22.8 Å². The van der Waals surface area contributed by atoms with Crippen LogP contribution < -0.4 is 10.2 Å². The molecule has 2 N–H and O–H groups in total. The molecule has 0 aromatic heterocycles. The molecular formula is C16H15FN2O3. The van der Waals surface area contributed by atoms with Gasteiger partial charge < -0.3 is 9.84 Å². The van der Waals surface area contributed by atoms with E-state index in [0.717, 1.165) is 0 Å². The first kappa shape index (κ1) is 15.5. The first-order valence-corrected chi connectivity index (χ1v) is 6.49. The monoisotopic (exact) mass is 302 g/mol. The van der Waals surface area contributed by atoms with Crippen molar-refractivity contribution in [3.63, 3.8) is 0 Å². The first-order chi connectivity index (χ1) is 10.5. The lowest BCUT2D eigenvalue weighted by Crippen LogP contribution is -2.19. The first-order valence-electron chi connectivity index (χ1n) is 6.49. The molecule has 0 atom stereocenters. The number of rotatable bonds is 4. The SMILES string of the molecule is COc1ccc(O)c(/C(C)=N/NC(=O)c2ccc(F)cc2)c1. The average Bonchev–Trinajstić information content (AvgIpc) is 2.53. The Morgan fingerprint density at radius 2 is 1.91 bits per heavy atom. The minimum absolute atomic E-state index is 0.0260. The highest BCUT2D eigenvalue weighted by molar-refractivity contribution is 6.02. The number of ether oxygens (including phenoxy) is 1. The number of hydrogen-bond donors (Lipinski definition) is 2. The van der Waals surface area contributed by atoms with Crippen LogP contribution in [0.15, 0.2) is 47.6 Å². The maximum atomic E-state index is 12.8. The number of phenols is 1. The molecule has 0 aliphatic rings. The normalized spacial score (nSPS) is 11.1. The van der Waals surface area contributed by atoms with Crippen LogP contribution in [-0.2, 0) is 0 Å². The largest absolute Gasteiger partial charge is 0.507 e. The van der Waals surface area contributed by atoms with Gasteiger partial charge in [0, 0.05) is 11.1 Å². The molecule has 0 saturated heterocycles. The summed E-state index contributed by atoms with van der Waals surface area (Å²) in [4.78, 5) is 11.9. The van der Waals surface area contributed by atoms with Crippen molar-refractivity contribution in [3.05, 3.63) is 59.4 Å². The number of amides is 1. The summed E-state index contributed by atoms with van der Waals surface area (Å²) >= 11 is 0. The maximum absolute atomic E-state index is 12.8. The van der Waals surface area contributed by atoms with Crippen molar-refractivity contribution in [2.75, 3.05) is 7.11 Å². The lowest BCUT2D eigenvalue weighted by molar-refractivity contribution is 0.0955. The van der Waals surface area contributed by atoms with Gasteiger partial charge in [0.15, 0.2) is 0 Å². The Hall–Kier alpha value is -2.89. The summed E-state index contributed by atoms with van der Waals surface area (Å²) in [6, 6.07) is 9.81. The van der Waals surface area contributed by atoms with Gasteiger partial charge in [-0.3, -0.25) is 4.79 Å². The van der Waals surface area contributed by atoms with Gasteiger partial charge >= 0.3 is 0 Å². The van der Waals surface area contributed by atoms with E-state index < -0.39 is 11.7 Å². The van der Waals surface area contributed by atoms with Gasteiger partial charge in [-0.2, -0.15) is 5.10 Å². The molecule has 0 aliphatic carbocycles. The second-order valence-electron chi connectivity index (χ2n) is 4.53. The molecule has 1 amide bonds. The quantitative estimate of drug-likeness (QED) is 0.674. The van der Waals surface area contributed by atoms with E-state index in [-0.39, 0.29) is 11.3 Å². The van der Waals surface area contributed by atoms with Crippen molar-refractivity contribution < 1.29 is 19.0 Å². The predicted molar refractivity (Wildman–Crippen MR) is 80.7 cm³/mol. The van der Waals surface area contributed by atoms with Gasteiger partial charge in [-0.1, -0.05) is 0 Å². The highest BCUT2D eigenvalue weighted by Gasteiger charge is 2.08. The van der Waals surface area contributed by atoms with Crippen LogP contribution in [0.25, 0.3) is 0 Å². The molecule has 2 aromatic carbocycles. The molecule has 2 aromatic rings. The molecule has 0 fully saturated rings. The number of benzene rings is 2. The molecule has 2 rings (SSSR count). The lowest BCUT2D eigenvalue weighted by atomic mass is 10.1. The summed E-state index contributed by atoms with van der Waals surface area (Å²) in [5.41, 5.74) is 3.49. The van der Waals surface area contributed by atoms with Crippen molar-refractivity contribution in [1.29, 1.82) is 0 Å². The number of hydrogen-bond acceptors (Lipinski definition) is 4. The Morgan fingerprint density at radius 1 is 1.23 bits per heavy atom. The second-order valence-corrected chi connectivity index (χ2v) is 4.53. The van der Waals surface area contributed by atoms with Gasteiger partial charge in [0.05, 0.1) is 12.8 Å². The summed E-state index contributed by atoms with van der Waals surface area (Å²) < 4.78 is 17.9. The van der Waals surface area contributed by atoms with E-state index in [1.165, 1.54) is 37.4 Å². The number of aromatic hydroxyl groups is 1. The summed E-state index contributed by atoms with van der Waals surface area (Å²) in [6.07, 6.45) is 0. The van der Waals surface area contributed by atoms with E-state index in [1.54, 1.807) is 19.1 Å². The molecule has 0 spiro atoms. The van der Waals surface area contributed by atoms with Crippen molar-refractivity contribution in [2.45, 2.75) is 6.92 Å². The fourth-order valence-corrected chi connectivity index (χ4v) is 1.79. The third kappa shape index (κ3) is 3.60. The molecule has 0 heterocycles. The van der Waals surface area contributed by atoms with Crippen LogP contribution in [0, 0.1) is 5.82 Å². The van der Waals surface area contributed by atoms with Gasteiger partial charge in [-0.25, -0.2) is 9.82 Å². The van der Waals surface area contributed by atoms with E-state index in [0.29, 0.717) is 17.0 Å². The van der Waals surface area contributed by atoms with Crippen molar-refractivity contribution in [1.82, 2.24) is 5.43 Å². The molecule has 0 unspecified atom stereocenters. The molecule has 0 saturated carbocycles. The van der Waals surface area contributed by atoms with E-state index in [1.807, 2.05) is 0 Å². The molecule has 5 nitrogen and oxygen atoms in total. The van der Waals surface area contributed by atoms with Gasteiger partial charge in [-0.05, 0) is 49.4 Å². The van der Waals surface area contributed by atoms with Crippen LogP contribution in [0.5, 0.6) is 11.5 Å². The lowest BCUT2D eigenvalue weighted by Gasteiger charge is -2.07. The second kappa shape index (κ2) is 6.71. The Morgan fingerprint density at radius 3 is 2.55 bits per heavy atom. The number of nitrogens with zero attached hydrogens (tertiary/aromatic N) is 1. The van der Waals surface area contributed by atoms with Crippen molar-refractivity contribution >= 4 is 11.6 Å². The highest BCUT2D eigenvalue weighted by atomic mass is 19.1. The standard InChI is InChI=1S/C16H15FN2O3/c1-10(14-9-13(22-2)7-8-15(14)20)18-19-16(21)11-3-5-12(17)6-4-11/h3-9,20H,1-2H3,(H,19,21)/b18-10+. The minimum atomic E-state index is -0.471. The molecule has 0 radical (unpaired) electrons. The van der Waals surface area contributed by atoms with Crippen LogP contribution in [0.3, 0.4) is 0 Å². The van der Waals surface area contributed by atoms with Crippen LogP contribution in [0.4, 0.5) is 4.39 Å². The van der Waals surface area contributed by atoms with Gasteiger partial charge in [-0.15, -0.1) is 0 Å². The summed E-state index contributed by atoms with van der Waals surface area (Å²) in [5, 5.41) is 13.8. The number of carbonyl (C=O) groups excluding carboxylic acids is 1. The van der Waals surface area contributed by atoms with E-state index in [4.69, 9.17) is 4.74 Å². The molecule has 6 heteroatoms. The molecule has 114 valence electrons. The average molecular weight is 302 g/mol. The molecule has 0 bridgehead atoms. The van der Waals surface area contributed by atoms with Crippen molar-refractivity contribution in [2.24, 2.45) is 5.10 Å². The maximum Gasteiger partial charge on any atom is 0.271 e. The zero-order chi connectivity index (χ0) is 16.1. The topological polar surface area (TPSA) is 70.9 Å². The Labute approximate surface area is 127 Å². The third-order valence-corrected chi connectivity index (χ3v) is 3.03. The number of methoxy groups -OCH3 is 1. The number of halogens is 1. The fourth-order valence-electron chi connectivity index (χ4n) is 1.79. The summed E-state index contributed by atoms with van der Waals surface area (Å²) in [6.45, 7) is 1.64. The summed E-state index contributed by atoms with van der Waals surface area (Å²) in [7, 11) is 1.51. The summed E-state index contributed by atoms with van der Waals surface area (Å²) in [5.74, 6) is -0.301. The zero-order valence-electron chi connectivity index (χ0n) is 12.1. The van der Waals surface area contributed by atoms with E-state index >= 15 is 0 Å². The van der Waals surface area contributed by atoms with Crippen LogP contribution >= 0.6 is 0 Å². The fraction of sp³-hybridized carbons (Fsp3) is 0.125. The minimum Gasteiger partial charge on any atom is -0.507 e. The third-order valence-electron chi connectivity index (χ3n) is 3.03. The molecular weight excluding hydrogens is 287 g/mol. The Balaban J connectivity index is 2.15. The van der Waals surface area contributed by atoms with Gasteiger partial charge in [0.2, 0.25) is 0 Å². The molecule has 22 heavy (non-hydrogen) atoms.